The van der Waals surface area contributed by atoms with Crippen molar-refractivity contribution in [1.29, 1.82) is 0 Å². The van der Waals surface area contributed by atoms with Crippen LogP contribution >= 0.6 is 0 Å². The number of ether oxygens (including phenoxy) is 4. The number of rotatable bonds is 6. The van der Waals surface area contributed by atoms with Crippen LogP contribution in [0.4, 0.5) is 0 Å². The van der Waals surface area contributed by atoms with Gasteiger partial charge in [0.05, 0.1) is 40.6 Å². The maximum Gasteiger partial charge on any atom is 0.354 e. The lowest BCUT2D eigenvalue weighted by Crippen LogP contribution is -2.30. The van der Waals surface area contributed by atoms with Crippen molar-refractivity contribution >= 4 is 36.0 Å². The lowest BCUT2D eigenvalue weighted by molar-refractivity contribution is -0.140. The minimum Gasteiger partial charge on any atom is -0.466 e. The Kier molecular flexibility index (Phi) is 11.0. The Morgan fingerprint density at radius 3 is 1.40 bits per heavy atom. The fourth-order valence-electron chi connectivity index (χ4n) is 5.36. The molecule has 0 radical (unpaired) electrons. The largest absolute Gasteiger partial charge is 0.466 e. The molecule has 10 nitrogen and oxygen atoms in total. The first-order valence-electron chi connectivity index (χ1n) is 15.3. The molecule has 0 aliphatic carbocycles. The molecule has 0 fully saturated rings. The molecule has 250 valence electrons. The summed E-state index contributed by atoms with van der Waals surface area (Å²) in [5.74, 6) is 10.0. The monoisotopic (exact) mass is 668 g/mol. The number of benzene rings is 3. The van der Waals surface area contributed by atoms with E-state index in [2.05, 4.69) is 23.7 Å². The lowest BCUT2D eigenvalue weighted by Gasteiger charge is -2.32. The zero-order valence-electron chi connectivity index (χ0n) is 27.7. The second-order valence-corrected chi connectivity index (χ2v) is 10.7. The Morgan fingerprint density at radius 1 is 0.580 bits per heavy atom. The van der Waals surface area contributed by atoms with Gasteiger partial charge < -0.3 is 28.7 Å². The first-order valence-corrected chi connectivity index (χ1v) is 15.3. The van der Waals surface area contributed by atoms with E-state index in [1.807, 2.05) is 84.9 Å². The first kappa shape index (κ1) is 34.6. The standard InChI is InChI=1S/C40H32N2O8/c1-47-37(43)25-35(39(45)49-3)41-22-20-29-12-5-7-14-31(29)33(41)18-16-27-10-9-11-28(24-27)17-19-34-32-15-8-6-13-30(32)21-23-42(34)36(40(46)50-4)26-38(44)48-2/h5-15,20-26,33-34H,1-4H3/b35-25+,36-26+. The molecule has 3 aromatic rings. The quantitative estimate of drug-likeness (QED) is 0.156. The highest BCUT2D eigenvalue weighted by atomic mass is 16.5. The van der Waals surface area contributed by atoms with Crippen molar-refractivity contribution in [3.05, 3.63) is 142 Å². The number of nitrogens with zero attached hydrogens (tertiary/aromatic N) is 2. The number of methoxy groups -OCH3 is 4. The van der Waals surface area contributed by atoms with E-state index in [0.29, 0.717) is 11.1 Å². The van der Waals surface area contributed by atoms with E-state index >= 15 is 0 Å². The maximum absolute atomic E-state index is 12.8. The maximum atomic E-state index is 12.8. The van der Waals surface area contributed by atoms with Gasteiger partial charge in [-0.3, -0.25) is 0 Å². The molecule has 0 amide bonds. The Balaban J connectivity index is 1.53. The highest BCUT2D eigenvalue weighted by Crippen LogP contribution is 2.34. The van der Waals surface area contributed by atoms with Gasteiger partial charge in [-0.2, -0.15) is 0 Å². The third kappa shape index (κ3) is 7.67. The van der Waals surface area contributed by atoms with Crippen molar-refractivity contribution in [2.24, 2.45) is 0 Å². The number of carbonyl (C=O) groups is 4. The van der Waals surface area contributed by atoms with E-state index in [9.17, 15) is 19.2 Å². The smallest absolute Gasteiger partial charge is 0.354 e. The first-order chi connectivity index (χ1) is 24.3. The Morgan fingerprint density at radius 2 is 1.00 bits per heavy atom. The van der Waals surface area contributed by atoms with Crippen molar-refractivity contribution in [2.75, 3.05) is 28.4 Å². The zero-order chi connectivity index (χ0) is 35.6. The summed E-state index contributed by atoms with van der Waals surface area (Å²) in [6.45, 7) is 0. The van der Waals surface area contributed by atoms with Gasteiger partial charge in [-0.15, -0.1) is 0 Å². The van der Waals surface area contributed by atoms with Crippen LogP contribution in [0.25, 0.3) is 12.2 Å². The van der Waals surface area contributed by atoms with E-state index < -0.39 is 36.0 Å². The average Bonchev–Trinajstić information content (AvgIpc) is 3.16. The third-order valence-electron chi connectivity index (χ3n) is 7.79. The lowest BCUT2D eigenvalue weighted by atomic mass is 9.95. The SMILES string of the molecule is COC(=O)/C=C(\C(=O)OC)N1C=Cc2ccccc2C1C#Cc1cccc(C#CC2c3ccccc3C=CN2/C(=C/C(=O)OC)C(=O)OC)c1. The van der Waals surface area contributed by atoms with Crippen molar-refractivity contribution in [3.63, 3.8) is 0 Å². The van der Waals surface area contributed by atoms with Crippen LogP contribution in [0.1, 0.15) is 45.5 Å². The minimum absolute atomic E-state index is 0.0389. The summed E-state index contributed by atoms with van der Waals surface area (Å²) in [7, 11) is 4.91. The van der Waals surface area contributed by atoms with Crippen LogP contribution in [0.15, 0.2) is 109 Å². The normalized spacial score (nSPS) is 16.0. The van der Waals surface area contributed by atoms with Gasteiger partial charge in [0.25, 0.3) is 0 Å². The highest BCUT2D eigenvalue weighted by Gasteiger charge is 2.30. The molecule has 10 heteroatoms. The summed E-state index contributed by atoms with van der Waals surface area (Å²) in [5.41, 5.74) is 4.66. The van der Waals surface area contributed by atoms with Crippen LogP contribution in [-0.2, 0) is 38.1 Å². The van der Waals surface area contributed by atoms with Crippen LogP contribution in [0.5, 0.6) is 0 Å². The number of carbonyl (C=O) groups excluding carboxylic acids is 4. The predicted molar refractivity (Wildman–Crippen MR) is 185 cm³/mol. The topological polar surface area (TPSA) is 112 Å². The van der Waals surface area contributed by atoms with Crippen molar-refractivity contribution in [2.45, 2.75) is 12.1 Å². The average molecular weight is 669 g/mol. The summed E-state index contributed by atoms with van der Waals surface area (Å²) in [6.07, 6.45) is 9.15. The summed E-state index contributed by atoms with van der Waals surface area (Å²) < 4.78 is 19.5. The number of esters is 4. The fourth-order valence-corrected chi connectivity index (χ4v) is 5.36. The molecule has 0 spiro atoms. The van der Waals surface area contributed by atoms with E-state index in [-0.39, 0.29) is 11.4 Å². The van der Waals surface area contributed by atoms with Gasteiger partial charge in [0.15, 0.2) is 0 Å². The van der Waals surface area contributed by atoms with Crippen LogP contribution in [-0.4, -0.2) is 62.1 Å². The third-order valence-corrected chi connectivity index (χ3v) is 7.79. The molecule has 3 aromatic carbocycles. The number of fused-ring (bicyclic) bond motifs is 2. The summed E-state index contributed by atoms with van der Waals surface area (Å²) in [6, 6.07) is 21.2. The van der Waals surface area contributed by atoms with Gasteiger partial charge in [-0.1, -0.05) is 78.3 Å². The van der Waals surface area contributed by atoms with E-state index in [1.54, 1.807) is 22.2 Å². The molecule has 2 unspecified atom stereocenters. The van der Waals surface area contributed by atoms with Gasteiger partial charge in [-0.25, -0.2) is 19.2 Å². The summed E-state index contributed by atoms with van der Waals surface area (Å²) in [5, 5.41) is 0. The molecule has 0 saturated carbocycles. The van der Waals surface area contributed by atoms with Crippen LogP contribution < -0.4 is 0 Å². The molecule has 2 heterocycles. The summed E-state index contributed by atoms with van der Waals surface area (Å²) >= 11 is 0. The number of hydrogen-bond donors (Lipinski definition) is 0. The second-order valence-electron chi connectivity index (χ2n) is 10.7. The van der Waals surface area contributed by atoms with Gasteiger partial charge in [0, 0.05) is 23.5 Å². The minimum atomic E-state index is -0.728. The Labute approximate surface area is 289 Å². The fraction of sp³-hybridized carbons (Fsp3) is 0.150. The molecule has 2 atom stereocenters. The van der Waals surface area contributed by atoms with E-state index in [0.717, 1.165) is 34.4 Å². The molecular formula is C40H32N2O8. The molecule has 5 rings (SSSR count). The van der Waals surface area contributed by atoms with Crippen molar-refractivity contribution in [1.82, 2.24) is 9.80 Å². The van der Waals surface area contributed by atoms with E-state index in [4.69, 9.17) is 18.9 Å². The molecule has 2 aliphatic heterocycles. The Bertz CT molecular complexity index is 1940. The predicted octanol–water partition coefficient (Wildman–Crippen LogP) is 4.90. The molecule has 0 aromatic heterocycles. The molecular weight excluding hydrogens is 636 g/mol. The van der Waals surface area contributed by atoms with Crippen molar-refractivity contribution < 1.29 is 38.1 Å². The second kappa shape index (κ2) is 15.9. The molecule has 0 saturated heterocycles. The highest BCUT2D eigenvalue weighted by molar-refractivity contribution is 5.97. The van der Waals surface area contributed by atoms with E-state index in [1.165, 1.54) is 28.4 Å². The van der Waals surface area contributed by atoms with Crippen LogP contribution in [0, 0.1) is 23.7 Å². The molecule has 0 N–H and O–H groups in total. The Hall–Kier alpha value is -6.78. The van der Waals surface area contributed by atoms with Gasteiger partial charge >= 0.3 is 23.9 Å². The van der Waals surface area contributed by atoms with Gasteiger partial charge in [0.1, 0.15) is 23.5 Å². The summed E-state index contributed by atoms with van der Waals surface area (Å²) in [4.78, 5) is 53.2. The zero-order valence-corrected chi connectivity index (χ0v) is 27.7. The van der Waals surface area contributed by atoms with Crippen LogP contribution in [0.2, 0.25) is 0 Å². The van der Waals surface area contributed by atoms with Gasteiger partial charge in [0.2, 0.25) is 0 Å². The van der Waals surface area contributed by atoms with Crippen molar-refractivity contribution in [3.8, 4) is 23.7 Å². The van der Waals surface area contributed by atoms with Crippen LogP contribution in [0.3, 0.4) is 0 Å². The van der Waals surface area contributed by atoms with Gasteiger partial charge in [-0.05, 0) is 52.6 Å². The number of hydrogen-bond acceptors (Lipinski definition) is 10. The molecule has 0 bridgehead atoms. The molecule has 2 aliphatic rings. The molecule has 50 heavy (non-hydrogen) atoms.